The van der Waals surface area contributed by atoms with Gasteiger partial charge in [0.1, 0.15) is 0 Å². The Hall–Kier alpha value is -0.550. The first kappa shape index (κ1) is 9.98. The van der Waals surface area contributed by atoms with Gasteiger partial charge in [-0.1, -0.05) is 0 Å². The maximum absolute atomic E-state index is 11.4. The zero-order chi connectivity index (χ0) is 10.1. The highest BCUT2D eigenvalue weighted by atomic mass is 79.9. The van der Waals surface area contributed by atoms with E-state index in [1.165, 1.54) is 4.88 Å². The molecule has 0 aliphatic carbocycles. The average molecular weight is 275 g/mol. The van der Waals surface area contributed by atoms with E-state index in [2.05, 4.69) is 27.3 Å². The minimum Gasteiger partial charge on any atom is -0.329 e. The van der Waals surface area contributed by atoms with Gasteiger partial charge in [-0.3, -0.25) is 0 Å². The van der Waals surface area contributed by atoms with Crippen molar-refractivity contribution in [1.82, 2.24) is 10.2 Å². The summed E-state index contributed by atoms with van der Waals surface area (Å²) in [5.74, 6) is 0. The Morgan fingerprint density at radius 1 is 1.79 bits per heavy atom. The molecule has 2 amide bonds. The van der Waals surface area contributed by atoms with E-state index in [9.17, 15) is 4.79 Å². The summed E-state index contributed by atoms with van der Waals surface area (Å²) in [4.78, 5) is 14.4. The van der Waals surface area contributed by atoms with Crippen LogP contribution in [0, 0.1) is 0 Å². The second-order valence-electron chi connectivity index (χ2n) is 3.21. The summed E-state index contributed by atoms with van der Waals surface area (Å²) in [6, 6.07) is 2.27. The number of hydrogen-bond acceptors (Lipinski definition) is 2. The van der Waals surface area contributed by atoms with E-state index in [1.54, 1.807) is 11.3 Å². The number of urea groups is 1. The van der Waals surface area contributed by atoms with Crippen molar-refractivity contribution in [2.24, 2.45) is 0 Å². The van der Waals surface area contributed by atoms with Crippen molar-refractivity contribution >= 4 is 33.3 Å². The van der Waals surface area contributed by atoms with Gasteiger partial charge in [0, 0.05) is 27.8 Å². The molecule has 1 saturated heterocycles. The van der Waals surface area contributed by atoms with Gasteiger partial charge in [0.2, 0.25) is 0 Å². The van der Waals surface area contributed by atoms with E-state index in [0.29, 0.717) is 0 Å². The third kappa shape index (κ3) is 1.79. The molecule has 1 N–H and O–H groups in total. The lowest BCUT2D eigenvalue weighted by atomic mass is 10.2. The second kappa shape index (κ2) is 3.90. The lowest BCUT2D eigenvalue weighted by Crippen LogP contribution is -2.27. The molecule has 1 aromatic heterocycles. The number of hydrogen-bond donors (Lipinski definition) is 1. The fourth-order valence-corrected chi connectivity index (χ4v) is 3.02. The Morgan fingerprint density at radius 3 is 3.07 bits per heavy atom. The topological polar surface area (TPSA) is 32.3 Å². The average Bonchev–Trinajstić information content (AvgIpc) is 2.71. The molecule has 0 aromatic carbocycles. The van der Waals surface area contributed by atoms with Crippen LogP contribution in [0.4, 0.5) is 4.79 Å². The number of amides is 2. The summed E-state index contributed by atoms with van der Waals surface area (Å²) in [5, 5.41) is 5.00. The van der Waals surface area contributed by atoms with E-state index in [4.69, 9.17) is 0 Å². The molecule has 1 aromatic rings. The number of carbonyl (C=O) groups excluding carboxylic acids is 1. The largest absolute Gasteiger partial charge is 0.329 e. The Morgan fingerprint density at radius 2 is 2.57 bits per heavy atom. The number of halogens is 1. The molecule has 0 spiro atoms. The molecule has 1 aliphatic rings. The van der Waals surface area contributed by atoms with E-state index in [-0.39, 0.29) is 12.1 Å². The van der Waals surface area contributed by atoms with Crippen LogP contribution in [0.15, 0.2) is 15.9 Å². The van der Waals surface area contributed by atoms with E-state index < -0.39 is 0 Å². The molecule has 5 heteroatoms. The summed E-state index contributed by atoms with van der Waals surface area (Å²) < 4.78 is 1.08. The molecule has 2 heterocycles. The van der Waals surface area contributed by atoms with Crippen LogP contribution in [0.2, 0.25) is 0 Å². The minimum atomic E-state index is 0.0435. The molecule has 14 heavy (non-hydrogen) atoms. The van der Waals surface area contributed by atoms with Gasteiger partial charge < -0.3 is 10.2 Å². The summed E-state index contributed by atoms with van der Waals surface area (Å²) in [6.07, 6.45) is 0. The van der Waals surface area contributed by atoms with Gasteiger partial charge >= 0.3 is 6.03 Å². The van der Waals surface area contributed by atoms with Gasteiger partial charge in [0.15, 0.2) is 0 Å². The van der Waals surface area contributed by atoms with Crippen LogP contribution in [-0.4, -0.2) is 24.0 Å². The van der Waals surface area contributed by atoms with Gasteiger partial charge in [0.25, 0.3) is 0 Å². The third-order valence-corrected chi connectivity index (χ3v) is 4.11. The fraction of sp³-hybridized carbons (Fsp3) is 0.444. The fourth-order valence-electron chi connectivity index (χ4n) is 1.53. The van der Waals surface area contributed by atoms with Crippen LogP contribution < -0.4 is 5.32 Å². The molecule has 0 bridgehead atoms. The second-order valence-corrected chi connectivity index (χ2v) is 5.07. The number of nitrogens with zero attached hydrogens (tertiary/aromatic N) is 1. The number of rotatable bonds is 2. The Bertz CT molecular complexity index is 352. The first-order valence-electron chi connectivity index (χ1n) is 4.50. The smallest absolute Gasteiger partial charge is 0.318 e. The zero-order valence-corrected chi connectivity index (χ0v) is 10.2. The first-order chi connectivity index (χ1) is 6.70. The number of likely N-dealkylation sites (N-methyl/N-ethyl adjacent to an activating group) is 1. The van der Waals surface area contributed by atoms with Crippen LogP contribution >= 0.6 is 27.3 Å². The van der Waals surface area contributed by atoms with Crippen molar-refractivity contribution in [3.05, 3.63) is 20.8 Å². The third-order valence-electron chi connectivity index (χ3n) is 2.30. The lowest BCUT2D eigenvalue weighted by Gasteiger charge is -2.09. The van der Waals surface area contributed by atoms with Crippen LogP contribution in [0.5, 0.6) is 0 Å². The number of thiophene rings is 1. The molecule has 2 rings (SSSR count). The highest BCUT2D eigenvalue weighted by Crippen LogP contribution is 2.28. The molecule has 1 aliphatic heterocycles. The summed E-state index contributed by atoms with van der Waals surface area (Å²) in [5.41, 5.74) is 0. The summed E-state index contributed by atoms with van der Waals surface area (Å²) in [6.45, 7) is 3.55. The molecule has 3 nitrogen and oxygen atoms in total. The maximum atomic E-state index is 11.4. The van der Waals surface area contributed by atoms with Crippen molar-refractivity contribution in [2.45, 2.75) is 13.0 Å². The minimum absolute atomic E-state index is 0.0435. The lowest BCUT2D eigenvalue weighted by molar-refractivity contribution is 0.219. The Labute approximate surface area is 95.2 Å². The molecule has 0 saturated carbocycles. The Kier molecular flexibility index (Phi) is 2.78. The van der Waals surface area contributed by atoms with Crippen molar-refractivity contribution < 1.29 is 4.79 Å². The van der Waals surface area contributed by atoms with Crippen LogP contribution in [0.25, 0.3) is 0 Å². The maximum Gasteiger partial charge on any atom is 0.318 e. The highest BCUT2D eigenvalue weighted by Gasteiger charge is 2.29. The molecule has 1 atom stereocenters. The normalized spacial score (nSPS) is 21.4. The van der Waals surface area contributed by atoms with Gasteiger partial charge in [-0.2, -0.15) is 0 Å². The van der Waals surface area contributed by atoms with Gasteiger partial charge in [-0.05, 0) is 28.9 Å². The SMILES string of the molecule is CCN1CC(c2cc(Br)cs2)NC1=O. The van der Waals surface area contributed by atoms with Crippen molar-refractivity contribution in [2.75, 3.05) is 13.1 Å². The summed E-state index contributed by atoms with van der Waals surface area (Å²) in [7, 11) is 0. The highest BCUT2D eigenvalue weighted by molar-refractivity contribution is 9.10. The van der Waals surface area contributed by atoms with Gasteiger partial charge in [-0.25, -0.2) is 4.79 Å². The van der Waals surface area contributed by atoms with E-state index in [0.717, 1.165) is 17.6 Å². The van der Waals surface area contributed by atoms with Gasteiger partial charge in [-0.15, -0.1) is 11.3 Å². The van der Waals surface area contributed by atoms with Gasteiger partial charge in [0.05, 0.1) is 6.04 Å². The zero-order valence-electron chi connectivity index (χ0n) is 7.79. The molecule has 1 fully saturated rings. The monoisotopic (exact) mass is 274 g/mol. The molecule has 76 valence electrons. The summed E-state index contributed by atoms with van der Waals surface area (Å²) >= 11 is 5.08. The number of nitrogens with one attached hydrogen (secondary N) is 1. The predicted molar refractivity (Wildman–Crippen MR) is 60.5 cm³/mol. The first-order valence-corrected chi connectivity index (χ1v) is 6.17. The van der Waals surface area contributed by atoms with Crippen molar-refractivity contribution in [3.8, 4) is 0 Å². The van der Waals surface area contributed by atoms with Crippen molar-refractivity contribution in [1.29, 1.82) is 0 Å². The quantitative estimate of drug-likeness (QED) is 0.884. The van der Waals surface area contributed by atoms with E-state index >= 15 is 0 Å². The predicted octanol–water partition coefficient (Wildman–Crippen LogP) is 2.60. The number of carbonyl (C=O) groups is 1. The molecular weight excluding hydrogens is 264 g/mol. The standard InChI is InChI=1S/C9H11BrN2OS/c1-2-12-4-7(11-9(12)13)8-3-6(10)5-14-8/h3,5,7H,2,4H2,1H3,(H,11,13). The van der Waals surface area contributed by atoms with E-state index in [1.807, 2.05) is 17.2 Å². The molecular formula is C9H11BrN2OS. The Balaban J connectivity index is 2.12. The van der Waals surface area contributed by atoms with Crippen molar-refractivity contribution in [3.63, 3.8) is 0 Å². The molecule has 1 unspecified atom stereocenters. The van der Waals surface area contributed by atoms with Crippen LogP contribution in [0.1, 0.15) is 17.8 Å². The molecule has 0 radical (unpaired) electrons. The van der Waals surface area contributed by atoms with Crippen LogP contribution in [0.3, 0.4) is 0 Å². The van der Waals surface area contributed by atoms with Crippen LogP contribution in [-0.2, 0) is 0 Å².